The maximum Gasteiger partial charge on any atom is 0.293 e. The highest BCUT2D eigenvalue weighted by Gasteiger charge is 2.24. The van der Waals surface area contributed by atoms with Gasteiger partial charge in [0.25, 0.3) is 5.69 Å². The number of nitrogens with one attached hydrogen (secondary N) is 3. The van der Waals surface area contributed by atoms with E-state index in [2.05, 4.69) is 22.3 Å². The molecular weight excluding hydrogens is 360 g/mol. The average molecular weight is 384 g/mol. The second-order valence-electron chi connectivity index (χ2n) is 6.43. The van der Waals surface area contributed by atoms with E-state index in [-0.39, 0.29) is 29.1 Å². The van der Waals surface area contributed by atoms with Crippen molar-refractivity contribution in [3.05, 3.63) is 28.3 Å². The van der Waals surface area contributed by atoms with Crippen LogP contribution in [0.5, 0.6) is 0 Å². The second-order valence-corrected chi connectivity index (χ2v) is 8.32. The fourth-order valence-corrected chi connectivity index (χ4v) is 3.81. The zero-order chi connectivity index (χ0) is 19.3. The van der Waals surface area contributed by atoms with Gasteiger partial charge in [-0.25, -0.2) is 13.1 Å². The summed E-state index contributed by atoms with van der Waals surface area (Å²) in [5, 5.41) is 16.9. The van der Waals surface area contributed by atoms with Crippen molar-refractivity contribution in [2.75, 3.05) is 18.9 Å². The first-order valence-corrected chi connectivity index (χ1v) is 9.98. The van der Waals surface area contributed by atoms with Gasteiger partial charge in [-0.3, -0.25) is 14.9 Å². The van der Waals surface area contributed by atoms with Crippen LogP contribution < -0.4 is 15.4 Å². The van der Waals surface area contributed by atoms with E-state index in [1.54, 1.807) is 0 Å². The number of hydrogen-bond donors (Lipinski definition) is 3. The number of carbonyl (C=O) groups excluding carboxylic acids is 1. The Morgan fingerprint density at radius 3 is 2.62 bits per heavy atom. The molecule has 1 amide bonds. The summed E-state index contributed by atoms with van der Waals surface area (Å²) in [6.07, 6.45) is 4.25. The van der Waals surface area contributed by atoms with Crippen LogP contribution in [0.15, 0.2) is 23.1 Å². The predicted molar refractivity (Wildman–Crippen MR) is 97.4 cm³/mol. The summed E-state index contributed by atoms with van der Waals surface area (Å²) in [7, 11) is -2.56. The molecule has 3 N–H and O–H groups in total. The molecule has 2 rings (SSSR count). The van der Waals surface area contributed by atoms with Gasteiger partial charge in [0.1, 0.15) is 5.69 Å². The highest BCUT2D eigenvalue weighted by atomic mass is 32.2. The molecule has 0 unspecified atom stereocenters. The molecule has 1 aliphatic rings. The summed E-state index contributed by atoms with van der Waals surface area (Å²) in [6, 6.07) is 3.63. The summed E-state index contributed by atoms with van der Waals surface area (Å²) in [5.41, 5.74) is -0.308. The Labute approximate surface area is 152 Å². The number of nitrogens with zero attached hydrogens (tertiary/aromatic N) is 1. The third kappa shape index (κ3) is 4.92. The molecule has 1 aromatic carbocycles. The van der Waals surface area contributed by atoms with Crippen LogP contribution >= 0.6 is 0 Å². The molecule has 0 aromatic heterocycles. The molecule has 0 heterocycles. The highest BCUT2D eigenvalue weighted by molar-refractivity contribution is 7.89. The van der Waals surface area contributed by atoms with Gasteiger partial charge in [-0.15, -0.1) is 0 Å². The van der Waals surface area contributed by atoms with Crippen molar-refractivity contribution in [2.45, 2.75) is 43.5 Å². The summed E-state index contributed by atoms with van der Waals surface area (Å²) in [6.45, 7) is 1.98. The maximum absolute atomic E-state index is 12.1. The van der Waals surface area contributed by atoms with E-state index in [0.717, 1.165) is 25.3 Å². The van der Waals surface area contributed by atoms with Crippen LogP contribution in [0.4, 0.5) is 11.4 Å². The van der Waals surface area contributed by atoms with Gasteiger partial charge in [0, 0.05) is 12.1 Å². The number of sulfonamides is 1. The molecule has 1 aliphatic carbocycles. The lowest BCUT2D eigenvalue weighted by atomic mass is 9.86. The largest absolute Gasteiger partial charge is 0.371 e. The summed E-state index contributed by atoms with van der Waals surface area (Å²) >= 11 is 0. The first-order chi connectivity index (χ1) is 12.2. The van der Waals surface area contributed by atoms with Crippen molar-refractivity contribution >= 4 is 27.3 Å². The standard InChI is InChI=1S/C16H24N4O5S/c1-11-5-3-4-6-13(11)19-16(21)10-18-14-8-7-12(26(24,25)17-2)9-15(14)20(22)23/h7-9,11,13,17-18H,3-6,10H2,1-2H3,(H,19,21)/t11-,13+/m1/s1. The molecule has 0 saturated heterocycles. The zero-order valence-electron chi connectivity index (χ0n) is 14.8. The van der Waals surface area contributed by atoms with Gasteiger partial charge in [-0.05, 0) is 37.9 Å². The molecule has 0 bridgehead atoms. The van der Waals surface area contributed by atoms with Crippen LogP contribution in [0.2, 0.25) is 0 Å². The van der Waals surface area contributed by atoms with Crippen molar-refractivity contribution in [1.29, 1.82) is 0 Å². The lowest BCUT2D eigenvalue weighted by molar-refractivity contribution is -0.384. The number of hydrogen-bond acceptors (Lipinski definition) is 6. The van der Waals surface area contributed by atoms with E-state index < -0.39 is 20.6 Å². The molecule has 26 heavy (non-hydrogen) atoms. The predicted octanol–water partition coefficient (Wildman–Crippen LogP) is 1.61. The van der Waals surface area contributed by atoms with E-state index in [9.17, 15) is 23.3 Å². The summed E-state index contributed by atoms with van der Waals surface area (Å²) < 4.78 is 25.7. The Morgan fingerprint density at radius 2 is 2.00 bits per heavy atom. The van der Waals surface area contributed by atoms with Gasteiger partial charge in [-0.2, -0.15) is 0 Å². The number of nitro benzene ring substituents is 1. The van der Waals surface area contributed by atoms with Gasteiger partial charge in [0.2, 0.25) is 15.9 Å². The Kier molecular flexibility index (Phi) is 6.54. The third-order valence-corrected chi connectivity index (χ3v) is 6.05. The maximum atomic E-state index is 12.1. The van der Waals surface area contributed by atoms with E-state index in [1.807, 2.05) is 0 Å². The van der Waals surface area contributed by atoms with Crippen LogP contribution in [-0.2, 0) is 14.8 Å². The summed E-state index contributed by atoms with van der Waals surface area (Å²) in [5.74, 6) is 0.165. The molecule has 0 radical (unpaired) electrons. The number of amides is 1. The van der Waals surface area contributed by atoms with Gasteiger partial charge in [0.15, 0.2) is 0 Å². The Bertz CT molecular complexity index is 781. The SMILES string of the molecule is CNS(=O)(=O)c1ccc(NCC(=O)N[C@H]2CCCC[C@H]2C)c([N+](=O)[O-])c1. The van der Waals surface area contributed by atoms with Crippen LogP contribution in [0.3, 0.4) is 0 Å². The third-order valence-electron chi connectivity index (χ3n) is 4.64. The number of anilines is 1. The lowest BCUT2D eigenvalue weighted by Crippen LogP contribution is -2.43. The van der Waals surface area contributed by atoms with Crippen LogP contribution in [0, 0.1) is 16.0 Å². The molecule has 1 saturated carbocycles. The fourth-order valence-electron chi connectivity index (χ4n) is 3.06. The monoisotopic (exact) mass is 384 g/mol. The average Bonchev–Trinajstić information content (AvgIpc) is 2.61. The Hall–Kier alpha value is -2.20. The Balaban J connectivity index is 2.06. The van der Waals surface area contributed by atoms with Crippen LogP contribution in [-0.4, -0.2) is 38.9 Å². The van der Waals surface area contributed by atoms with Crippen molar-refractivity contribution < 1.29 is 18.1 Å². The summed E-state index contributed by atoms with van der Waals surface area (Å²) in [4.78, 5) is 22.5. The van der Waals surface area contributed by atoms with Gasteiger partial charge < -0.3 is 10.6 Å². The molecule has 144 valence electrons. The molecule has 0 aliphatic heterocycles. The number of rotatable bonds is 7. The van der Waals surface area contributed by atoms with Crippen molar-refractivity contribution in [3.8, 4) is 0 Å². The Morgan fingerprint density at radius 1 is 1.31 bits per heavy atom. The minimum absolute atomic E-state index is 0.0943. The number of nitro groups is 1. The molecule has 2 atom stereocenters. The normalized spacial score (nSPS) is 20.4. The second kappa shape index (κ2) is 8.45. The van der Waals surface area contributed by atoms with E-state index in [4.69, 9.17) is 0 Å². The van der Waals surface area contributed by atoms with Gasteiger partial charge in [0.05, 0.1) is 16.4 Å². The smallest absolute Gasteiger partial charge is 0.293 e. The van der Waals surface area contributed by atoms with Crippen molar-refractivity contribution in [3.63, 3.8) is 0 Å². The van der Waals surface area contributed by atoms with Crippen molar-refractivity contribution in [1.82, 2.24) is 10.0 Å². The minimum atomic E-state index is -3.79. The van der Waals surface area contributed by atoms with E-state index in [0.29, 0.717) is 5.92 Å². The quantitative estimate of drug-likeness (QED) is 0.483. The van der Waals surface area contributed by atoms with Crippen LogP contribution in [0.25, 0.3) is 0 Å². The van der Waals surface area contributed by atoms with Crippen molar-refractivity contribution in [2.24, 2.45) is 5.92 Å². The minimum Gasteiger partial charge on any atom is -0.371 e. The molecule has 0 spiro atoms. The zero-order valence-corrected chi connectivity index (χ0v) is 15.6. The highest BCUT2D eigenvalue weighted by Crippen LogP contribution is 2.27. The van der Waals surface area contributed by atoms with E-state index >= 15 is 0 Å². The molecule has 1 fully saturated rings. The van der Waals surface area contributed by atoms with Gasteiger partial charge in [-0.1, -0.05) is 19.8 Å². The topological polar surface area (TPSA) is 130 Å². The number of carbonyl (C=O) groups is 1. The molecular formula is C16H24N4O5S. The molecule has 9 nitrogen and oxygen atoms in total. The van der Waals surface area contributed by atoms with Gasteiger partial charge >= 0.3 is 0 Å². The lowest BCUT2D eigenvalue weighted by Gasteiger charge is -2.29. The first-order valence-electron chi connectivity index (χ1n) is 8.50. The number of benzene rings is 1. The van der Waals surface area contributed by atoms with Crippen LogP contribution in [0.1, 0.15) is 32.6 Å². The molecule has 1 aromatic rings. The van der Waals surface area contributed by atoms with E-state index in [1.165, 1.54) is 25.6 Å². The fraction of sp³-hybridized carbons (Fsp3) is 0.562. The first kappa shape index (κ1) is 20.1. The molecule has 10 heteroatoms.